The van der Waals surface area contributed by atoms with Gasteiger partial charge in [-0.2, -0.15) is 4.99 Å². The predicted molar refractivity (Wildman–Crippen MR) is 75.6 cm³/mol. The van der Waals surface area contributed by atoms with E-state index in [1.54, 1.807) is 4.90 Å². The predicted octanol–water partition coefficient (Wildman–Crippen LogP) is 0.918. The van der Waals surface area contributed by atoms with Gasteiger partial charge in [0.1, 0.15) is 6.54 Å². The van der Waals surface area contributed by atoms with E-state index in [1.807, 2.05) is 0 Å². The number of hydrogen-bond acceptors (Lipinski definition) is 5. The fourth-order valence-electron chi connectivity index (χ4n) is 2.18. The van der Waals surface area contributed by atoms with Gasteiger partial charge in [0.25, 0.3) is 0 Å². The Hall–Kier alpha value is -2.03. The Morgan fingerprint density at radius 2 is 2.05 bits per heavy atom. The van der Waals surface area contributed by atoms with E-state index in [0.29, 0.717) is 13.1 Å². The van der Waals surface area contributed by atoms with Gasteiger partial charge in [-0.1, -0.05) is 0 Å². The van der Waals surface area contributed by atoms with E-state index in [2.05, 4.69) is 4.99 Å². The highest BCUT2D eigenvalue weighted by Crippen LogP contribution is 2.15. The third kappa shape index (κ3) is 3.97. The van der Waals surface area contributed by atoms with Crippen LogP contribution in [0.3, 0.4) is 0 Å². The molecule has 21 heavy (non-hydrogen) atoms. The Bertz CT molecular complexity index is 627. The van der Waals surface area contributed by atoms with Crippen LogP contribution in [-0.4, -0.2) is 39.3 Å². The van der Waals surface area contributed by atoms with Gasteiger partial charge in [-0.05, 0) is 30.6 Å². The Kier molecular flexibility index (Phi) is 4.84. The van der Waals surface area contributed by atoms with Gasteiger partial charge < -0.3 is 9.47 Å². The third-order valence-corrected chi connectivity index (χ3v) is 4.13. The minimum absolute atomic E-state index is 0.0313. The minimum Gasteiger partial charge on any atom is -0.341 e. The summed E-state index contributed by atoms with van der Waals surface area (Å²) in [7, 11) is 0. The smallest absolute Gasteiger partial charge is 0.341 e. The SMILES string of the molecule is CC(=O)N=c1sc([N+](=O)[O-])cn1CC(=O)N1CCCCC1. The second kappa shape index (κ2) is 6.61. The van der Waals surface area contributed by atoms with Crippen molar-refractivity contribution in [1.29, 1.82) is 0 Å². The summed E-state index contributed by atoms with van der Waals surface area (Å²) in [6.45, 7) is 2.66. The number of hydrogen-bond donors (Lipinski definition) is 0. The highest BCUT2D eigenvalue weighted by molar-refractivity contribution is 7.12. The van der Waals surface area contributed by atoms with Crippen LogP contribution in [0.2, 0.25) is 0 Å². The number of likely N-dealkylation sites (tertiary alicyclic amines) is 1. The van der Waals surface area contributed by atoms with Crippen LogP contribution in [0.4, 0.5) is 5.00 Å². The molecule has 1 aromatic rings. The lowest BCUT2D eigenvalue weighted by Crippen LogP contribution is -2.39. The number of piperidine rings is 1. The van der Waals surface area contributed by atoms with Crippen LogP contribution in [0.15, 0.2) is 11.2 Å². The van der Waals surface area contributed by atoms with Crippen molar-refractivity contribution in [3.8, 4) is 0 Å². The van der Waals surface area contributed by atoms with Crippen molar-refractivity contribution in [3.63, 3.8) is 0 Å². The Morgan fingerprint density at radius 1 is 1.38 bits per heavy atom. The molecule has 9 heteroatoms. The van der Waals surface area contributed by atoms with E-state index in [4.69, 9.17) is 0 Å². The van der Waals surface area contributed by atoms with Crippen molar-refractivity contribution >= 4 is 28.2 Å². The number of thiazole rings is 1. The maximum Gasteiger partial charge on any atom is 0.343 e. The minimum atomic E-state index is -0.550. The first-order valence-corrected chi connectivity index (χ1v) is 7.47. The van der Waals surface area contributed by atoms with Gasteiger partial charge in [0.15, 0.2) is 4.80 Å². The summed E-state index contributed by atoms with van der Waals surface area (Å²) in [4.78, 5) is 39.2. The molecular formula is C12H16N4O4S. The van der Waals surface area contributed by atoms with Crippen molar-refractivity contribution in [2.45, 2.75) is 32.7 Å². The molecule has 0 unspecified atom stereocenters. The first-order chi connectivity index (χ1) is 9.97. The van der Waals surface area contributed by atoms with E-state index >= 15 is 0 Å². The monoisotopic (exact) mass is 312 g/mol. The normalized spacial score (nSPS) is 16.0. The average Bonchev–Trinajstić information content (AvgIpc) is 2.82. The molecule has 0 saturated carbocycles. The van der Waals surface area contributed by atoms with Crippen molar-refractivity contribution in [2.75, 3.05) is 13.1 Å². The van der Waals surface area contributed by atoms with Gasteiger partial charge >= 0.3 is 5.00 Å². The summed E-state index contributed by atoms with van der Waals surface area (Å²) in [5.41, 5.74) is 0. The molecule has 8 nitrogen and oxygen atoms in total. The summed E-state index contributed by atoms with van der Waals surface area (Å²) < 4.78 is 1.38. The van der Waals surface area contributed by atoms with E-state index in [9.17, 15) is 19.7 Å². The summed E-state index contributed by atoms with van der Waals surface area (Å²) >= 11 is 0.790. The van der Waals surface area contributed by atoms with Crippen molar-refractivity contribution in [1.82, 2.24) is 9.47 Å². The first kappa shape index (κ1) is 15.4. The number of nitrogens with zero attached hydrogens (tertiary/aromatic N) is 4. The molecule has 1 aromatic heterocycles. The van der Waals surface area contributed by atoms with E-state index in [1.165, 1.54) is 17.7 Å². The molecule has 114 valence electrons. The zero-order chi connectivity index (χ0) is 15.4. The number of nitro groups is 1. The van der Waals surface area contributed by atoms with Crippen molar-refractivity contribution in [3.05, 3.63) is 21.1 Å². The number of amides is 2. The highest BCUT2D eigenvalue weighted by Gasteiger charge is 2.19. The molecular weight excluding hydrogens is 296 g/mol. The van der Waals surface area contributed by atoms with Crippen LogP contribution in [0.5, 0.6) is 0 Å². The molecule has 2 heterocycles. The lowest BCUT2D eigenvalue weighted by atomic mass is 10.1. The van der Waals surface area contributed by atoms with Crippen molar-refractivity contribution < 1.29 is 14.5 Å². The molecule has 0 radical (unpaired) electrons. The molecule has 0 bridgehead atoms. The Labute approximate surface area is 124 Å². The Balaban J connectivity index is 2.23. The largest absolute Gasteiger partial charge is 0.343 e. The number of rotatable bonds is 3. The molecule has 0 atom stereocenters. The standard InChI is InChI=1S/C12H16N4O4S/c1-9(17)13-12-15(8-11(21-12)16(19)20)7-10(18)14-5-3-2-4-6-14/h8H,2-7H2,1H3. The quantitative estimate of drug-likeness (QED) is 0.612. The maximum atomic E-state index is 12.2. The molecule has 2 rings (SSSR count). The Morgan fingerprint density at radius 3 is 2.62 bits per heavy atom. The fourth-order valence-corrected chi connectivity index (χ4v) is 3.03. The molecule has 2 amide bonds. The molecule has 0 aliphatic carbocycles. The van der Waals surface area contributed by atoms with Gasteiger partial charge in [0.05, 0.1) is 11.1 Å². The second-order valence-corrected chi connectivity index (χ2v) is 5.80. The summed E-state index contributed by atoms with van der Waals surface area (Å²) in [6, 6.07) is 0. The second-order valence-electron chi connectivity index (χ2n) is 4.81. The average molecular weight is 312 g/mol. The summed E-state index contributed by atoms with van der Waals surface area (Å²) in [5.74, 6) is -0.557. The van der Waals surface area contributed by atoms with Crippen LogP contribution in [0.25, 0.3) is 0 Å². The van der Waals surface area contributed by atoms with Crippen LogP contribution < -0.4 is 4.80 Å². The molecule has 0 spiro atoms. The lowest BCUT2D eigenvalue weighted by Gasteiger charge is -2.26. The third-order valence-electron chi connectivity index (χ3n) is 3.16. The van der Waals surface area contributed by atoms with Crippen LogP contribution >= 0.6 is 11.3 Å². The summed E-state index contributed by atoms with van der Waals surface area (Å²) in [6.07, 6.45) is 4.33. The lowest BCUT2D eigenvalue weighted by molar-refractivity contribution is -0.380. The van der Waals surface area contributed by atoms with Gasteiger partial charge in [-0.25, -0.2) is 0 Å². The van der Waals surface area contributed by atoms with Crippen LogP contribution in [-0.2, 0) is 16.1 Å². The zero-order valence-corrected chi connectivity index (χ0v) is 12.5. The number of aromatic nitrogens is 1. The zero-order valence-electron chi connectivity index (χ0n) is 11.7. The first-order valence-electron chi connectivity index (χ1n) is 6.65. The van der Waals surface area contributed by atoms with Gasteiger partial charge in [-0.15, -0.1) is 0 Å². The van der Waals surface area contributed by atoms with Crippen LogP contribution in [0.1, 0.15) is 26.2 Å². The topological polar surface area (TPSA) is 97.8 Å². The van der Waals surface area contributed by atoms with Crippen molar-refractivity contribution in [2.24, 2.45) is 4.99 Å². The highest BCUT2D eigenvalue weighted by atomic mass is 32.1. The molecule has 0 aromatic carbocycles. The molecule has 0 N–H and O–H groups in total. The van der Waals surface area contributed by atoms with Gasteiger partial charge in [-0.3, -0.25) is 19.7 Å². The maximum absolute atomic E-state index is 12.2. The number of carbonyl (C=O) groups is 2. The van der Waals surface area contributed by atoms with Crippen LogP contribution in [0, 0.1) is 10.1 Å². The van der Waals surface area contributed by atoms with E-state index < -0.39 is 10.8 Å². The molecule has 1 aliphatic heterocycles. The summed E-state index contributed by atoms with van der Waals surface area (Å²) in [5, 5.41) is 10.7. The van der Waals surface area contributed by atoms with E-state index in [-0.39, 0.29) is 22.3 Å². The van der Waals surface area contributed by atoms with Gasteiger partial charge in [0.2, 0.25) is 11.8 Å². The molecule has 1 saturated heterocycles. The molecule has 1 fully saturated rings. The fraction of sp³-hybridized carbons (Fsp3) is 0.583. The number of carbonyl (C=O) groups excluding carboxylic acids is 2. The van der Waals surface area contributed by atoms with E-state index in [0.717, 1.165) is 30.6 Å². The molecule has 1 aliphatic rings. The van der Waals surface area contributed by atoms with Gasteiger partial charge in [0, 0.05) is 20.0 Å².